The maximum absolute atomic E-state index is 12.0. The Morgan fingerprint density at radius 2 is 2.08 bits per heavy atom. The van der Waals surface area contributed by atoms with E-state index in [1.165, 1.54) is 14.0 Å². The second-order valence-electron chi connectivity index (χ2n) is 6.53. The number of ether oxygens (including phenoxy) is 2. The van der Waals surface area contributed by atoms with Crippen LogP contribution in [0.4, 0.5) is 0 Å². The molecule has 0 unspecified atom stereocenters. The van der Waals surface area contributed by atoms with Crippen LogP contribution >= 0.6 is 0 Å². The van der Waals surface area contributed by atoms with Crippen LogP contribution in [0, 0.1) is 5.92 Å². The lowest BCUT2D eigenvalue weighted by Crippen LogP contribution is -2.57. The molecule has 0 spiro atoms. The fourth-order valence-corrected chi connectivity index (χ4v) is 3.45. The van der Waals surface area contributed by atoms with Crippen molar-refractivity contribution >= 4 is 17.8 Å². The van der Waals surface area contributed by atoms with Gasteiger partial charge in [-0.05, 0) is 13.3 Å². The van der Waals surface area contributed by atoms with E-state index >= 15 is 0 Å². The molecule has 0 aromatic carbocycles. The normalized spacial score (nSPS) is 23.2. The lowest BCUT2D eigenvalue weighted by molar-refractivity contribution is -0.136. The number of nitrogens with zero attached hydrogens (tertiary/aromatic N) is 1. The Balaban J connectivity index is 3.34. The highest BCUT2D eigenvalue weighted by Crippen LogP contribution is 2.37. The molecule has 1 amide bonds. The number of methoxy groups -OCH3 is 2. The van der Waals surface area contributed by atoms with E-state index in [9.17, 15) is 9.59 Å². The zero-order valence-electron chi connectivity index (χ0n) is 15.7. The first-order valence-electron chi connectivity index (χ1n) is 8.38. The second-order valence-corrected chi connectivity index (χ2v) is 6.53. The van der Waals surface area contributed by atoms with Crippen molar-refractivity contribution < 1.29 is 19.1 Å². The van der Waals surface area contributed by atoms with Crippen LogP contribution in [-0.2, 0) is 19.1 Å². The largest absolute Gasteiger partial charge is 0.466 e. The Bertz CT molecular complexity index is 557. The summed E-state index contributed by atoms with van der Waals surface area (Å²) in [6, 6.07) is -0.771. The van der Waals surface area contributed by atoms with Gasteiger partial charge in [0, 0.05) is 31.9 Å². The molecule has 142 valence electrons. The predicted octanol–water partition coefficient (Wildman–Crippen LogP) is 0.458. The van der Waals surface area contributed by atoms with Crippen molar-refractivity contribution in [2.45, 2.75) is 57.7 Å². The minimum Gasteiger partial charge on any atom is -0.466 e. The number of esters is 1. The van der Waals surface area contributed by atoms with Gasteiger partial charge in [0.1, 0.15) is 0 Å². The van der Waals surface area contributed by atoms with Gasteiger partial charge in [-0.25, -0.2) is 9.79 Å². The van der Waals surface area contributed by atoms with E-state index < -0.39 is 17.6 Å². The number of rotatable bonds is 8. The van der Waals surface area contributed by atoms with Gasteiger partial charge in [-0.3, -0.25) is 4.79 Å². The summed E-state index contributed by atoms with van der Waals surface area (Å²) < 4.78 is 10.6. The predicted molar refractivity (Wildman–Crippen MR) is 95.7 cm³/mol. The van der Waals surface area contributed by atoms with Crippen LogP contribution in [0.1, 0.15) is 40.0 Å². The molecule has 1 rings (SSSR count). The van der Waals surface area contributed by atoms with Crippen LogP contribution in [0.5, 0.6) is 0 Å². The van der Waals surface area contributed by atoms with E-state index in [2.05, 4.69) is 10.3 Å². The summed E-state index contributed by atoms with van der Waals surface area (Å²) in [5, 5.41) is 2.97. The van der Waals surface area contributed by atoms with Crippen LogP contribution in [-0.4, -0.2) is 49.7 Å². The summed E-state index contributed by atoms with van der Waals surface area (Å²) in [6.07, 6.45) is 3.72. The topological polar surface area (TPSA) is 129 Å². The number of aliphatic imine (C=N–C) groups is 1. The molecular formula is C17H30N4O4. The third kappa shape index (κ3) is 5.19. The van der Waals surface area contributed by atoms with Gasteiger partial charge >= 0.3 is 5.97 Å². The first-order chi connectivity index (χ1) is 11.7. The molecule has 8 nitrogen and oxygen atoms in total. The van der Waals surface area contributed by atoms with E-state index in [0.29, 0.717) is 12.0 Å². The van der Waals surface area contributed by atoms with E-state index in [4.69, 9.17) is 20.9 Å². The average Bonchev–Trinajstić information content (AvgIpc) is 2.94. The molecule has 0 aliphatic heterocycles. The van der Waals surface area contributed by atoms with E-state index in [1.54, 1.807) is 13.2 Å². The molecule has 0 radical (unpaired) electrons. The summed E-state index contributed by atoms with van der Waals surface area (Å²) in [6.45, 7) is 5.43. The van der Waals surface area contributed by atoms with E-state index in [0.717, 1.165) is 12.8 Å². The number of nitrogens with one attached hydrogen (secondary N) is 1. The number of amides is 1. The van der Waals surface area contributed by atoms with Gasteiger partial charge < -0.3 is 26.3 Å². The lowest BCUT2D eigenvalue weighted by Gasteiger charge is -2.41. The second kappa shape index (κ2) is 8.84. The molecule has 0 aromatic heterocycles. The van der Waals surface area contributed by atoms with Gasteiger partial charge in [-0.1, -0.05) is 19.4 Å². The van der Waals surface area contributed by atoms with Crippen LogP contribution in [0.15, 0.2) is 16.6 Å². The summed E-state index contributed by atoms with van der Waals surface area (Å²) in [4.78, 5) is 28.0. The molecule has 0 bridgehead atoms. The SMILES string of the molecule is CCC[C@](C)(OC)[C@H](NC(C)=O)[C@@H]1C=C(C(=O)OC)C[C@H]1N=C(N)N. The fourth-order valence-electron chi connectivity index (χ4n) is 3.45. The molecule has 0 saturated heterocycles. The molecule has 0 fully saturated rings. The summed E-state index contributed by atoms with van der Waals surface area (Å²) in [7, 11) is 2.94. The van der Waals surface area contributed by atoms with Crippen molar-refractivity contribution in [2.75, 3.05) is 14.2 Å². The van der Waals surface area contributed by atoms with Gasteiger partial charge in [0.25, 0.3) is 0 Å². The summed E-state index contributed by atoms with van der Waals surface area (Å²) in [5.74, 6) is -0.968. The highest BCUT2D eigenvalue weighted by Gasteiger charge is 2.45. The molecule has 1 aliphatic rings. The standard InChI is InChI=1S/C17H30N4O4/c1-6-7-17(3,25-5)14(20-10(2)22)12-8-11(15(23)24-4)9-13(12)21-16(18)19/h8,12-14H,6-7,9H2,1-5H3,(H,20,22)(H4,18,19,21)/t12-,13-,14-,17+/m1/s1. The highest BCUT2D eigenvalue weighted by molar-refractivity contribution is 5.89. The van der Waals surface area contributed by atoms with Gasteiger partial charge in [-0.2, -0.15) is 0 Å². The number of hydrogen-bond acceptors (Lipinski definition) is 5. The molecule has 0 heterocycles. The third-order valence-corrected chi connectivity index (χ3v) is 4.64. The quantitative estimate of drug-likeness (QED) is 0.330. The van der Waals surface area contributed by atoms with Crippen molar-refractivity contribution in [3.8, 4) is 0 Å². The van der Waals surface area contributed by atoms with E-state index in [1.807, 2.05) is 13.8 Å². The lowest BCUT2D eigenvalue weighted by atomic mass is 9.80. The molecule has 0 aromatic rings. The van der Waals surface area contributed by atoms with Crippen LogP contribution in [0.2, 0.25) is 0 Å². The molecule has 4 atom stereocenters. The molecule has 0 saturated carbocycles. The van der Waals surface area contributed by atoms with Gasteiger partial charge in [-0.15, -0.1) is 0 Å². The van der Waals surface area contributed by atoms with E-state index in [-0.39, 0.29) is 23.8 Å². The van der Waals surface area contributed by atoms with Crippen molar-refractivity contribution in [1.29, 1.82) is 0 Å². The first kappa shape index (κ1) is 21.0. The first-order valence-corrected chi connectivity index (χ1v) is 8.38. The van der Waals surface area contributed by atoms with Gasteiger partial charge in [0.2, 0.25) is 5.91 Å². The molecule has 1 aliphatic carbocycles. The Morgan fingerprint density at radius 3 is 2.52 bits per heavy atom. The summed E-state index contributed by atoms with van der Waals surface area (Å²) >= 11 is 0. The van der Waals surface area contributed by atoms with Gasteiger partial charge in [0.05, 0.1) is 24.8 Å². The number of nitrogens with two attached hydrogens (primary N) is 2. The number of carbonyl (C=O) groups excluding carboxylic acids is 2. The maximum Gasteiger partial charge on any atom is 0.333 e. The summed E-state index contributed by atoms with van der Waals surface area (Å²) in [5.41, 5.74) is 11.0. The monoisotopic (exact) mass is 354 g/mol. The Hall–Kier alpha value is -2.09. The molecular weight excluding hydrogens is 324 g/mol. The highest BCUT2D eigenvalue weighted by atomic mass is 16.5. The maximum atomic E-state index is 12.0. The van der Waals surface area contributed by atoms with Crippen molar-refractivity contribution in [1.82, 2.24) is 5.32 Å². The Labute approximate surface area is 149 Å². The minimum atomic E-state index is -0.635. The van der Waals surface area contributed by atoms with Crippen molar-refractivity contribution in [2.24, 2.45) is 22.4 Å². The number of carbonyl (C=O) groups is 2. The fraction of sp³-hybridized carbons (Fsp3) is 0.706. The minimum absolute atomic E-state index is 0.0642. The molecule has 5 N–H and O–H groups in total. The zero-order chi connectivity index (χ0) is 19.2. The number of guanidine groups is 1. The average molecular weight is 354 g/mol. The Morgan fingerprint density at radius 1 is 1.44 bits per heavy atom. The van der Waals surface area contributed by atoms with Crippen molar-refractivity contribution in [3.05, 3.63) is 11.6 Å². The number of hydrogen-bond donors (Lipinski definition) is 3. The van der Waals surface area contributed by atoms with Crippen LogP contribution in [0.25, 0.3) is 0 Å². The zero-order valence-corrected chi connectivity index (χ0v) is 15.7. The smallest absolute Gasteiger partial charge is 0.333 e. The van der Waals surface area contributed by atoms with Crippen LogP contribution < -0.4 is 16.8 Å². The molecule has 25 heavy (non-hydrogen) atoms. The Kier molecular flexibility index (Phi) is 7.41. The van der Waals surface area contributed by atoms with Crippen molar-refractivity contribution in [3.63, 3.8) is 0 Å². The third-order valence-electron chi connectivity index (χ3n) is 4.64. The van der Waals surface area contributed by atoms with Gasteiger partial charge in [0.15, 0.2) is 5.96 Å². The molecule has 8 heteroatoms. The van der Waals surface area contributed by atoms with Crippen LogP contribution in [0.3, 0.4) is 0 Å².